The first-order chi connectivity index (χ1) is 16.8. The number of hydrogen-bond donors (Lipinski definition) is 2. The Labute approximate surface area is 216 Å². The van der Waals surface area contributed by atoms with Gasteiger partial charge in [-0.15, -0.1) is 0 Å². The highest BCUT2D eigenvalue weighted by Crippen LogP contribution is 2.81. The Kier molecular flexibility index (Phi) is 6.54. The fourth-order valence-electron chi connectivity index (χ4n) is 8.13. The second-order valence-electron chi connectivity index (χ2n) is 11.2. The zero-order valence-electron chi connectivity index (χ0n) is 20.7. The van der Waals surface area contributed by atoms with Crippen molar-refractivity contribution in [3.63, 3.8) is 0 Å². The lowest BCUT2D eigenvalue weighted by molar-refractivity contribution is -0.152. The Morgan fingerprint density at radius 2 is 1.66 bits per heavy atom. The monoisotopic (exact) mass is 543 g/mol. The number of methoxy groups -OCH3 is 1. The molecule has 3 fully saturated rings. The molecule has 0 radical (unpaired) electrons. The average molecular weight is 545 g/mol. The Bertz CT molecular complexity index is 1030. The number of benzene rings is 1. The number of nitrogens with zero attached hydrogens (tertiary/aromatic N) is 1. The van der Waals surface area contributed by atoms with Gasteiger partial charge in [0.05, 0.1) is 22.4 Å². The minimum atomic E-state index is -0.950. The van der Waals surface area contributed by atoms with Gasteiger partial charge in [-0.3, -0.25) is 9.59 Å². The maximum Gasteiger partial charge on any atom is 0.225 e. The number of rotatable bonds is 11. The molecule has 2 saturated carbocycles. The number of unbranched alkanes of at least 4 members (excludes halogenated alkanes) is 1. The molecule has 2 bridgehead atoms. The van der Waals surface area contributed by atoms with Crippen molar-refractivity contribution in [1.29, 1.82) is 0 Å². The summed E-state index contributed by atoms with van der Waals surface area (Å²) in [5, 5.41) is 0. The number of primary amides is 2. The molecule has 1 heterocycles. The van der Waals surface area contributed by atoms with E-state index in [4.69, 9.17) is 16.2 Å². The molecular weight excluding hydrogens is 506 g/mol. The third-order valence-electron chi connectivity index (χ3n) is 9.82. The molecule has 4 N–H and O–H groups in total. The second-order valence-corrected chi connectivity index (χ2v) is 12.1. The smallest absolute Gasteiger partial charge is 0.225 e. The lowest BCUT2D eigenvalue weighted by Crippen LogP contribution is -2.59. The van der Waals surface area contributed by atoms with Gasteiger partial charge in [0.2, 0.25) is 11.8 Å². The molecule has 0 unspecified atom stereocenters. The SMILES string of the molecule is COc1ccc(CC[C@@]2(C(N)=O)[C@H]3C=C[C@H](C34CC4)[C@@]2(CCCCN2CCCC2)C(N)=O)cc1Br. The van der Waals surface area contributed by atoms with E-state index in [0.29, 0.717) is 19.3 Å². The van der Waals surface area contributed by atoms with E-state index >= 15 is 0 Å². The summed E-state index contributed by atoms with van der Waals surface area (Å²) in [5.41, 5.74) is 11.8. The summed E-state index contributed by atoms with van der Waals surface area (Å²) >= 11 is 3.57. The predicted octanol–water partition coefficient (Wildman–Crippen LogP) is 4.20. The molecule has 1 aromatic carbocycles. The number of carbonyl (C=O) groups excluding carboxylic acids is 2. The zero-order chi connectivity index (χ0) is 24.8. The number of aryl methyl sites for hydroxylation is 1. The van der Waals surface area contributed by atoms with Crippen LogP contribution in [0.2, 0.25) is 0 Å². The van der Waals surface area contributed by atoms with Gasteiger partial charge in [0.25, 0.3) is 0 Å². The number of allylic oxidation sites excluding steroid dienone is 2. The summed E-state index contributed by atoms with van der Waals surface area (Å²) in [6.45, 7) is 3.38. The van der Waals surface area contributed by atoms with E-state index < -0.39 is 10.8 Å². The van der Waals surface area contributed by atoms with Crippen LogP contribution in [-0.2, 0) is 16.0 Å². The van der Waals surface area contributed by atoms with Crippen LogP contribution in [0.1, 0.15) is 56.9 Å². The van der Waals surface area contributed by atoms with Gasteiger partial charge < -0.3 is 21.1 Å². The van der Waals surface area contributed by atoms with Crippen LogP contribution >= 0.6 is 15.9 Å². The van der Waals surface area contributed by atoms with Crippen molar-refractivity contribution in [2.75, 3.05) is 26.7 Å². The summed E-state index contributed by atoms with van der Waals surface area (Å²) in [4.78, 5) is 29.5. The van der Waals surface area contributed by atoms with Gasteiger partial charge in [-0.25, -0.2) is 0 Å². The van der Waals surface area contributed by atoms with Crippen molar-refractivity contribution in [3.05, 3.63) is 40.4 Å². The van der Waals surface area contributed by atoms with Crippen LogP contribution in [0.3, 0.4) is 0 Å². The lowest BCUT2D eigenvalue weighted by atomic mass is 9.53. The van der Waals surface area contributed by atoms with Crippen molar-refractivity contribution >= 4 is 27.7 Å². The predicted molar refractivity (Wildman–Crippen MR) is 140 cm³/mol. The molecule has 2 amide bonds. The quantitative estimate of drug-likeness (QED) is 0.322. The molecule has 4 atom stereocenters. The maximum atomic E-state index is 13.5. The first-order valence-electron chi connectivity index (χ1n) is 13.1. The third kappa shape index (κ3) is 3.67. The average Bonchev–Trinajstić information content (AvgIpc) is 3.19. The van der Waals surface area contributed by atoms with Crippen molar-refractivity contribution < 1.29 is 14.3 Å². The Morgan fingerprint density at radius 3 is 2.20 bits per heavy atom. The molecule has 7 heteroatoms. The van der Waals surface area contributed by atoms with Crippen LogP contribution in [0.15, 0.2) is 34.8 Å². The highest BCUT2D eigenvalue weighted by atomic mass is 79.9. The molecule has 1 aliphatic heterocycles. The number of likely N-dealkylation sites (tertiary alicyclic amines) is 1. The number of hydrogen-bond acceptors (Lipinski definition) is 4. The molecule has 35 heavy (non-hydrogen) atoms. The number of nitrogens with two attached hydrogens (primary N) is 2. The fraction of sp³-hybridized carbons (Fsp3) is 0.643. The highest BCUT2D eigenvalue weighted by Gasteiger charge is 2.81. The topological polar surface area (TPSA) is 98.7 Å². The van der Waals surface area contributed by atoms with Gasteiger partial charge in [-0.2, -0.15) is 0 Å². The molecule has 6 nitrogen and oxygen atoms in total. The van der Waals surface area contributed by atoms with Crippen LogP contribution in [0.4, 0.5) is 0 Å². The molecule has 190 valence electrons. The van der Waals surface area contributed by atoms with Crippen molar-refractivity contribution in [3.8, 4) is 5.75 Å². The zero-order valence-corrected chi connectivity index (χ0v) is 22.3. The number of halogens is 1. The lowest BCUT2D eigenvalue weighted by Gasteiger charge is -2.48. The Balaban J connectivity index is 1.45. The summed E-state index contributed by atoms with van der Waals surface area (Å²) in [7, 11) is 1.64. The van der Waals surface area contributed by atoms with E-state index in [1.807, 2.05) is 18.2 Å². The van der Waals surface area contributed by atoms with Crippen LogP contribution in [-0.4, -0.2) is 43.5 Å². The normalized spacial score (nSPS) is 32.4. The second kappa shape index (κ2) is 9.22. The number of amides is 2. The minimum Gasteiger partial charge on any atom is -0.496 e. The van der Waals surface area contributed by atoms with Gasteiger partial charge >= 0.3 is 0 Å². The van der Waals surface area contributed by atoms with E-state index in [-0.39, 0.29) is 29.1 Å². The summed E-state index contributed by atoms with van der Waals surface area (Å²) < 4.78 is 6.25. The Morgan fingerprint density at radius 1 is 1.03 bits per heavy atom. The van der Waals surface area contributed by atoms with Gasteiger partial charge in [0.15, 0.2) is 0 Å². The molecule has 0 aromatic heterocycles. The van der Waals surface area contributed by atoms with Gasteiger partial charge in [-0.1, -0.05) is 24.6 Å². The molecule has 1 saturated heterocycles. The van der Waals surface area contributed by atoms with E-state index in [9.17, 15) is 9.59 Å². The van der Waals surface area contributed by atoms with Crippen LogP contribution in [0.25, 0.3) is 0 Å². The standard InChI is InChI=1S/C28H38BrN3O3/c1-35-21-7-6-19(18-20(21)29)10-12-28(25(31)34)23-9-8-22(26(23)13-14-26)27(28,24(30)33)11-2-3-15-32-16-4-5-17-32/h6-9,18,22-23H,2-5,10-17H2,1H3,(H2,30,33)(H2,31,34)/t22-,23+,27+,28+/m1/s1. The maximum absolute atomic E-state index is 13.5. The largest absolute Gasteiger partial charge is 0.496 e. The van der Waals surface area contributed by atoms with Gasteiger partial charge in [0, 0.05) is 0 Å². The summed E-state index contributed by atoms with van der Waals surface area (Å²) in [6, 6.07) is 5.99. The molecule has 3 aliphatic carbocycles. The fourth-order valence-corrected chi connectivity index (χ4v) is 8.72. The highest BCUT2D eigenvalue weighted by molar-refractivity contribution is 9.10. The van der Waals surface area contributed by atoms with Crippen molar-refractivity contribution in [2.24, 2.45) is 39.5 Å². The summed E-state index contributed by atoms with van der Waals surface area (Å²) in [6.07, 6.45) is 12.8. The van der Waals surface area contributed by atoms with E-state index in [1.165, 1.54) is 25.9 Å². The summed E-state index contributed by atoms with van der Waals surface area (Å²) in [5.74, 6) is 0.0790. The van der Waals surface area contributed by atoms with Crippen molar-refractivity contribution in [2.45, 2.75) is 57.8 Å². The third-order valence-corrected chi connectivity index (χ3v) is 10.4. The van der Waals surface area contributed by atoms with E-state index in [0.717, 1.165) is 48.0 Å². The van der Waals surface area contributed by atoms with E-state index in [2.05, 4.69) is 33.0 Å². The molecule has 1 aromatic rings. The van der Waals surface area contributed by atoms with Crippen LogP contribution in [0, 0.1) is 28.1 Å². The molecular formula is C28H38BrN3O3. The van der Waals surface area contributed by atoms with Crippen molar-refractivity contribution in [1.82, 2.24) is 4.90 Å². The number of carbonyl (C=O) groups is 2. The molecule has 5 rings (SSSR count). The van der Waals surface area contributed by atoms with E-state index in [1.54, 1.807) is 7.11 Å². The minimum absolute atomic E-state index is 0.00901. The Hall–Kier alpha value is -1.86. The van der Waals surface area contributed by atoms with Crippen LogP contribution in [0.5, 0.6) is 5.75 Å². The molecule has 4 aliphatic rings. The first-order valence-corrected chi connectivity index (χ1v) is 13.9. The van der Waals surface area contributed by atoms with Gasteiger partial charge in [0.1, 0.15) is 5.75 Å². The number of ether oxygens (including phenoxy) is 1. The molecule has 1 spiro atoms. The first kappa shape index (κ1) is 24.8. The van der Waals surface area contributed by atoms with Gasteiger partial charge in [-0.05, 0) is 122 Å². The van der Waals surface area contributed by atoms with Crippen LogP contribution < -0.4 is 16.2 Å².